The largest absolute Gasteiger partial charge is 0.270 e. The lowest BCUT2D eigenvalue weighted by molar-refractivity contribution is 0.310. The standard InChI is InChI=1S/C10H20O3S/c1-3-4-5-6-7-8-9-10-13-14(2,11)12/h4-5H,3,6-10H2,1-2H3. The Morgan fingerprint density at radius 2 is 1.86 bits per heavy atom. The molecule has 0 bridgehead atoms. The van der Waals surface area contributed by atoms with E-state index in [1.165, 1.54) is 0 Å². The van der Waals surface area contributed by atoms with Gasteiger partial charge in [-0.05, 0) is 25.7 Å². The molecule has 3 nitrogen and oxygen atoms in total. The molecule has 0 aromatic carbocycles. The molecule has 0 aromatic heterocycles. The Labute approximate surface area is 87.3 Å². The highest BCUT2D eigenvalue weighted by atomic mass is 32.2. The molecule has 0 spiro atoms. The van der Waals surface area contributed by atoms with Crippen LogP contribution < -0.4 is 0 Å². The first-order valence-electron chi connectivity index (χ1n) is 5.05. The average molecular weight is 220 g/mol. The Morgan fingerprint density at radius 1 is 1.14 bits per heavy atom. The number of hydrogen-bond acceptors (Lipinski definition) is 3. The third-order valence-electron chi connectivity index (χ3n) is 1.71. The zero-order valence-electron chi connectivity index (χ0n) is 9.03. The molecule has 14 heavy (non-hydrogen) atoms. The molecule has 0 saturated carbocycles. The summed E-state index contributed by atoms with van der Waals surface area (Å²) in [5.74, 6) is 0. The fraction of sp³-hybridized carbons (Fsp3) is 0.800. The lowest BCUT2D eigenvalue weighted by atomic mass is 10.2. The van der Waals surface area contributed by atoms with Crippen LogP contribution in [0.15, 0.2) is 12.2 Å². The Bertz CT molecular complexity index is 242. The smallest absolute Gasteiger partial charge is 0.264 e. The Morgan fingerprint density at radius 3 is 2.43 bits per heavy atom. The topological polar surface area (TPSA) is 43.4 Å². The van der Waals surface area contributed by atoms with Crippen molar-refractivity contribution in [2.75, 3.05) is 12.9 Å². The van der Waals surface area contributed by atoms with E-state index in [-0.39, 0.29) is 0 Å². The maximum Gasteiger partial charge on any atom is 0.264 e. The highest BCUT2D eigenvalue weighted by Crippen LogP contribution is 2.02. The molecule has 0 fully saturated rings. The second-order valence-electron chi connectivity index (χ2n) is 3.26. The summed E-state index contributed by atoms with van der Waals surface area (Å²) in [6.07, 6.45) is 10.5. The average Bonchev–Trinajstić information content (AvgIpc) is 2.08. The summed E-state index contributed by atoms with van der Waals surface area (Å²) in [4.78, 5) is 0. The monoisotopic (exact) mass is 220 g/mol. The van der Waals surface area contributed by atoms with E-state index >= 15 is 0 Å². The normalized spacial score (nSPS) is 12.4. The first-order valence-corrected chi connectivity index (χ1v) is 6.87. The number of unbranched alkanes of at least 4 members (excludes halogenated alkanes) is 3. The summed E-state index contributed by atoms with van der Waals surface area (Å²) in [6, 6.07) is 0. The fourth-order valence-electron chi connectivity index (χ4n) is 1.04. The highest BCUT2D eigenvalue weighted by Gasteiger charge is 1.99. The second kappa shape index (κ2) is 8.00. The maximum absolute atomic E-state index is 10.6. The molecule has 84 valence electrons. The van der Waals surface area contributed by atoms with Crippen LogP contribution in [-0.2, 0) is 14.3 Å². The predicted octanol–water partition coefficient (Wildman–Crippen LogP) is 2.49. The van der Waals surface area contributed by atoms with Crippen LogP contribution in [0.5, 0.6) is 0 Å². The Hall–Kier alpha value is -0.350. The van der Waals surface area contributed by atoms with Gasteiger partial charge in [0.05, 0.1) is 12.9 Å². The van der Waals surface area contributed by atoms with Gasteiger partial charge in [-0.15, -0.1) is 0 Å². The number of rotatable bonds is 8. The molecule has 0 atom stereocenters. The zero-order chi connectivity index (χ0) is 10.9. The first-order chi connectivity index (χ1) is 6.56. The summed E-state index contributed by atoms with van der Waals surface area (Å²) >= 11 is 0. The highest BCUT2D eigenvalue weighted by molar-refractivity contribution is 7.85. The van der Waals surface area contributed by atoms with Crippen molar-refractivity contribution in [2.24, 2.45) is 0 Å². The van der Waals surface area contributed by atoms with Gasteiger partial charge in [0.1, 0.15) is 0 Å². The Kier molecular flexibility index (Phi) is 7.80. The fourth-order valence-corrected chi connectivity index (χ4v) is 1.46. The van der Waals surface area contributed by atoms with Crippen molar-refractivity contribution in [3.8, 4) is 0 Å². The van der Waals surface area contributed by atoms with Crippen molar-refractivity contribution >= 4 is 10.1 Å². The van der Waals surface area contributed by atoms with E-state index in [0.29, 0.717) is 6.61 Å². The van der Waals surface area contributed by atoms with Gasteiger partial charge >= 0.3 is 0 Å². The minimum atomic E-state index is -3.24. The van der Waals surface area contributed by atoms with Crippen molar-refractivity contribution in [1.82, 2.24) is 0 Å². The summed E-state index contributed by atoms with van der Waals surface area (Å²) in [5, 5.41) is 0. The molecule has 4 heteroatoms. The third kappa shape index (κ3) is 11.6. The van der Waals surface area contributed by atoms with Crippen LogP contribution in [-0.4, -0.2) is 21.3 Å². The van der Waals surface area contributed by atoms with Crippen molar-refractivity contribution in [2.45, 2.75) is 39.0 Å². The molecule has 0 aliphatic heterocycles. The van der Waals surface area contributed by atoms with E-state index in [9.17, 15) is 8.42 Å². The van der Waals surface area contributed by atoms with Crippen LogP contribution in [0, 0.1) is 0 Å². The molecule has 0 saturated heterocycles. The van der Waals surface area contributed by atoms with Crippen LogP contribution in [0.4, 0.5) is 0 Å². The van der Waals surface area contributed by atoms with Gasteiger partial charge in [0.25, 0.3) is 10.1 Å². The van der Waals surface area contributed by atoms with Crippen molar-refractivity contribution < 1.29 is 12.6 Å². The van der Waals surface area contributed by atoms with Gasteiger partial charge in [0.15, 0.2) is 0 Å². The quantitative estimate of drug-likeness (QED) is 0.358. The minimum Gasteiger partial charge on any atom is -0.270 e. The van der Waals surface area contributed by atoms with Gasteiger partial charge in [0.2, 0.25) is 0 Å². The lowest BCUT2D eigenvalue weighted by Gasteiger charge is -1.99. The van der Waals surface area contributed by atoms with Gasteiger partial charge in [0, 0.05) is 0 Å². The van der Waals surface area contributed by atoms with Crippen molar-refractivity contribution in [3.63, 3.8) is 0 Å². The van der Waals surface area contributed by atoms with Crippen LogP contribution in [0.25, 0.3) is 0 Å². The summed E-state index contributed by atoms with van der Waals surface area (Å²) in [7, 11) is -3.24. The lowest BCUT2D eigenvalue weighted by Crippen LogP contribution is -2.03. The molecule has 0 unspecified atom stereocenters. The maximum atomic E-state index is 10.6. The SMILES string of the molecule is CCC=CCCCCCOS(C)(=O)=O. The molecule has 0 aliphatic rings. The van der Waals surface area contributed by atoms with E-state index in [2.05, 4.69) is 23.3 Å². The molecule has 0 aliphatic carbocycles. The molecule has 0 radical (unpaired) electrons. The van der Waals surface area contributed by atoms with Gasteiger partial charge in [-0.1, -0.05) is 25.5 Å². The number of hydrogen-bond donors (Lipinski definition) is 0. The molecule has 0 aromatic rings. The van der Waals surface area contributed by atoms with Gasteiger partial charge < -0.3 is 0 Å². The van der Waals surface area contributed by atoms with E-state index in [4.69, 9.17) is 0 Å². The molecule has 0 N–H and O–H groups in total. The Balaban J connectivity index is 3.19. The summed E-state index contributed by atoms with van der Waals surface area (Å²) in [6.45, 7) is 2.42. The van der Waals surface area contributed by atoms with Gasteiger partial charge in [-0.2, -0.15) is 8.42 Å². The van der Waals surface area contributed by atoms with E-state index in [1.807, 2.05) is 0 Å². The summed E-state index contributed by atoms with van der Waals surface area (Å²) < 4.78 is 25.8. The molecular formula is C10H20O3S. The molecular weight excluding hydrogens is 200 g/mol. The van der Waals surface area contributed by atoms with Crippen LogP contribution in [0.2, 0.25) is 0 Å². The third-order valence-corrected chi connectivity index (χ3v) is 2.31. The molecule has 0 heterocycles. The minimum absolute atomic E-state index is 0.316. The molecule has 0 rings (SSSR count). The van der Waals surface area contributed by atoms with E-state index in [0.717, 1.165) is 38.4 Å². The van der Waals surface area contributed by atoms with Crippen molar-refractivity contribution in [1.29, 1.82) is 0 Å². The van der Waals surface area contributed by atoms with Crippen LogP contribution >= 0.6 is 0 Å². The van der Waals surface area contributed by atoms with Crippen LogP contribution in [0.1, 0.15) is 39.0 Å². The first kappa shape index (κ1) is 13.7. The number of allylic oxidation sites excluding steroid dienone is 2. The van der Waals surface area contributed by atoms with Gasteiger partial charge in [-0.3, -0.25) is 4.18 Å². The zero-order valence-corrected chi connectivity index (χ0v) is 9.85. The predicted molar refractivity (Wildman–Crippen MR) is 58.7 cm³/mol. The second-order valence-corrected chi connectivity index (χ2v) is 4.90. The summed E-state index contributed by atoms with van der Waals surface area (Å²) in [5.41, 5.74) is 0. The van der Waals surface area contributed by atoms with E-state index < -0.39 is 10.1 Å². The van der Waals surface area contributed by atoms with E-state index in [1.54, 1.807) is 0 Å². The van der Waals surface area contributed by atoms with Crippen LogP contribution in [0.3, 0.4) is 0 Å². The van der Waals surface area contributed by atoms with Crippen molar-refractivity contribution in [3.05, 3.63) is 12.2 Å². The van der Waals surface area contributed by atoms with Gasteiger partial charge in [-0.25, -0.2) is 0 Å². The molecule has 0 amide bonds.